The van der Waals surface area contributed by atoms with Gasteiger partial charge in [0.2, 0.25) is 5.95 Å². The second-order valence-corrected chi connectivity index (χ2v) is 8.46. The first kappa shape index (κ1) is 21.8. The standard InChI is InChI=1S/C23H25N7OS/c1-15-14-16(2)25-23(24-15)26-18-9-7-17(8-10-18)22(31)27-19(11-13-32-3)21-29-28-20-6-4-5-12-30(20)21/h4-10,12,14,19H,11,13H2,1-3H3,(H,27,31)(H,24,25,26)/t19-/m0/s1. The summed E-state index contributed by atoms with van der Waals surface area (Å²) in [6, 6.07) is 14.7. The van der Waals surface area contributed by atoms with E-state index in [1.807, 2.05) is 67.1 Å². The van der Waals surface area contributed by atoms with E-state index in [-0.39, 0.29) is 11.9 Å². The van der Waals surface area contributed by atoms with Gasteiger partial charge in [-0.05, 0) is 74.7 Å². The lowest BCUT2D eigenvalue weighted by Crippen LogP contribution is -2.30. The normalized spacial score (nSPS) is 12.0. The number of carbonyl (C=O) groups is 1. The van der Waals surface area contributed by atoms with Gasteiger partial charge in [-0.1, -0.05) is 6.07 Å². The first-order valence-electron chi connectivity index (χ1n) is 10.3. The van der Waals surface area contributed by atoms with Crippen LogP contribution in [0.15, 0.2) is 54.7 Å². The van der Waals surface area contributed by atoms with Crippen molar-refractivity contribution in [3.8, 4) is 0 Å². The monoisotopic (exact) mass is 447 g/mol. The number of hydrogen-bond donors (Lipinski definition) is 2. The molecule has 1 atom stereocenters. The Kier molecular flexibility index (Phi) is 6.65. The summed E-state index contributed by atoms with van der Waals surface area (Å²) in [6.45, 7) is 3.86. The third-order valence-electron chi connectivity index (χ3n) is 4.95. The summed E-state index contributed by atoms with van der Waals surface area (Å²) in [5.74, 6) is 2.01. The number of hydrogen-bond acceptors (Lipinski definition) is 7. The number of aryl methyl sites for hydroxylation is 2. The van der Waals surface area contributed by atoms with E-state index in [4.69, 9.17) is 0 Å². The summed E-state index contributed by atoms with van der Waals surface area (Å²) >= 11 is 1.73. The van der Waals surface area contributed by atoms with Crippen molar-refractivity contribution in [3.63, 3.8) is 0 Å². The van der Waals surface area contributed by atoms with Crippen LogP contribution in [-0.2, 0) is 0 Å². The van der Waals surface area contributed by atoms with Gasteiger partial charge < -0.3 is 10.6 Å². The van der Waals surface area contributed by atoms with Crippen LogP contribution < -0.4 is 10.6 Å². The number of anilines is 2. The molecule has 1 aromatic carbocycles. The van der Waals surface area contributed by atoms with Crippen molar-refractivity contribution in [1.29, 1.82) is 0 Å². The molecule has 0 bridgehead atoms. The van der Waals surface area contributed by atoms with Gasteiger partial charge in [0.25, 0.3) is 5.91 Å². The lowest BCUT2D eigenvalue weighted by Gasteiger charge is -2.17. The Balaban J connectivity index is 1.49. The highest BCUT2D eigenvalue weighted by molar-refractivity contribution is 7.98. The minimum Gasteiger partial charge on any atom is -0.342 e. The lowest BCUT2D eigenvalue weighted by atomic mass is 10.1. The molecular weight excluding hydrogens is 422 g/mol. The van der Waals surface area contributed by atoms with E-state index in [0.717, 1.165) is 40.7 Å². The molecule has 0 aliphatic heterocycles. The van der Waals surface area contributed by atoms with E-state index in [1.54, 1.807) is 23.9 Å². The Hall–Kier alpha value is -3.46. The number of fused-ring (bicyclic) bond motifs is 1. The van der Waals surface area contributed by atoms with Crippen LogP contribution in [0.3, 0.4) is 0 Å². The number of amides is 1. The summed E-state index contributed by atoms with van der Waals surface area (Å²) in [6.07, 6.45) is 4.72. The molecule has 0 fully saturated rings. The lowest BCUT2D eigenvalue weighted by molar-refractivity contribution is 0.0934. The average molecular weight is 448 g/mol. The van der Waals surface area contributed by atoms with Gasteiger partial charge in [-0.2, -0.15) is 11.8 Å². The molecule has 4 aromatic rings. The number of pyridine rings is 1. The fourth-order valence-corrected chi connectivity index (χ4v) is 3.93. The third kappa shape index (κ3) is 5.05. The van der Waals surface area contributed by atoms with Crippen LogP contribution in [0, 0.1) is 13.8 Å². The molecular formula is C23H25N7OS. The van der Waals surface area contributed by atoms with Crippen molar-refractivity contribution in [2.45, 2.75) is 26.3 Å². The molecule has 8 nitrogen and oxygen atoms in total. The zero-order valence-electron chi connectivity index (χ0n) is 18.2. The number of thioether (sulfide) groups is 1. The van der Waals surface area contributed by atoms with E-state index in [1.165, 1.54) is 0 Å². The van der Waals surface area contributed by atoms with Crippen LogP contribution in [0.2, 0.25) is 0 Å². The maximum atomic E-state index is 13.0. The molecule has 0 saturated heterocycles. The highest BCUT2D eigenvalue weighted by atomic mass is 32.2. The summed E-state index contributed by atoms with van der Waals surface area (Å²) in [4.78, 5) is 21.8. The van der Waals surface area contributed by atoms with Crippen LogP contribution in [-0.4, -0.2) is 42.5 Å². The van der Waals surface area contributed by atoms with Gasteiger partial charge in [-0.25, -0.2) is 9.97 Å². The van der Waals surface area contributed by atoms with Crippen molar-refractivity contribution < 1.29 is 4.79 Å². The molecule has 0 aliphatic rings. The molecule has 1 amide bonds. The molecule has 2 N–H and O–H groups in total. The van der Waals surface area contributed by atoms with Crippen LogP contribution in [0.1, 0.15) is 40.0 Å². The first-order chi connectivity index (χ1) is 15.5. The SMILES string of the molecule is CSCC[C@H](NC(=O)c1ccc(Nc2nc(C)cc(C)n2)cc1)c1nnc2ccccn12. The molecule has 3 heterocycles. The second-order valence-electron chi connectivity index (χ2n) is 7.47. The maximum absolute atomic E-state index is 13.0. The first-order valence-corrected chi connectivity index (χ1v) is 11.7. The smallest absolute Gasteiger partial charge is 0.251 e. The Bertz CT molecular complexity index is 1200. The largest absolute Gasteiger partial charge is 0.342 e. The molecule has 32 heavy (non-hydrogen) atoms. The van der Waals surface area contributed by atoms with Crippen LogP contribution >= 0.6 is 11.8 Å². The fourth-order valence-electron chi connectivity index (χ4n) is 3.46. The molecule has 0 spiro atoms. The van der Waals surface area contributed by atoms with Crippen LogP contribution in [0.25, 0.3) is 5.65 Å². The van der Waals surface area contributed by atoms with Crippen molar-refractivity contribution in [2.24, 2.45) is 0 Å². The summed E-state index contributed by atoms with van der Waals surface area (Å²) < 4.78 is 1.92. The highest BCUT2D eigenvalue weighted by Gasteiger charge is 2.21. The van der Waals surface area contributed by atoms with Crippen LogP contribution in [0.5, 0.6) is 0 Å². The molecule has 3 aromatic heterocycles. The summed E-state index contributed by atoms with van der Waals surface area (Å²) in [5, 5.41) is 14.9. The molecule has 164 valence electrons. The second kappa shape index (κ2) is 9.78. The van der Waals surface area contributed by atoms with Crippen molar-refractivity contribution in [1.82, 2.24) is 29.9 Å². The minimum atomic E-state index is -0.242. The molecule has 9 heteroatoms. The van der Waals surface area contributed by atoms with Gasteiger partial charge in [0.15, 0.2) is 11.5 Å². The van der Waals surface area contributed by atoms with E-state index in [0.29, 0.717) is 11.5 Å². The number of nitrogens with one attached hydrogen (secondary N) is 2. The van der Waals surface area contributed by atoms with Gasteiger partial charge in [0, 0.05) is 28.8 Å². The number of nitrogens with zero attached hydrogens (tertiary/aromatic N) is 5. The highest BCUT2D eigenvalue weighted by Crippen LogP contribution is 2.20. The molecule has 4 rings (SSSR count). The zero-order valence-corrected chi connectivity index (χ0v) is 19.1. The van der Waals surface area contributed by atoms with Gasteiger partial charge >= 0.3 is 0 Å². The molecule has 0 saturated carbocycles. The Morgan fingerprint density at radius 3 is 2.53 bits per heavy atom. The van der Waals surface area contributed by atoms with Gasteiger partial charge in [-0.3, -0.25) is 9.20 Å². The third-order valence-corrected chi connectivity index (χ3v) is 5.60. The van der Waals surface area contributed by atoms with Gasteiger partial charge in [-0.15, -0.1) is 10.2 Å². The van der Waals surface area contributed by atoms with Gasteiger partial charge in [0.1, 0.15) is 0 Å². The number of aromatic nitrogens is 5. The predicted molar refractivity (Wildman–Crippen MR) is 127 cm³/mol. The van der Waals surface area contributed by atoms with E-state index >= 15 is 0 Å². The minimum absolute atomic E-state index is 0.155. The topological polar surface area (TPSA) is 97.1 Å². The molecule has 0 radical (unpaired) electrons. The van der Waals surface area contributed by atoms with Crippen molar-refractivity contribution >= 4 is 35.0 Å². The zero-order chi connectivity index (χ0) is 22.5. The summed E-state index contributed by atoms with van der Waals surface area (Å²) in [7, 11) is 0. The number of rotatable bonds is 8. The predicted octanol–water partition coefficient (Wildman–Crippen LogP) is 4.10. The Morgan fingerprint density at radius 1 is 1.06 bits per heavy atom. The molecule has 0 unspecified atom stereocenters. The average Bonchev–Trinajstić information content (AvgIpc) is 3.20. The quantitative estimate of drug-likeness (QED) is 0.420. The van der Waals surface area contributed by atoms with E-state index in [9.17, 15) is 4.79 Å². The van der Waals surface area contributed by atoms with Crippen LogP contribution in [0.4, 0.5) is 11.6 Å². The van der Waals surface area contributed by atoms with E-state index in [2.05, 4.69) is 30.8 Å². The Morgan fingerprint density at radius 2 is 1.81 bits per heavy atom. The van der Waals surface area contributed by atoms with E-state index < -0.39 is 0 Å². The van der Waals surface area contributed by atoms with Crippen molar-refractivity contribution in [3.05, 3.63) is 77.5 Å². The molecule has 0 aliphatic carbocycles. The maximum Gasteiger partial charge on any atom is 0.251 e. The Labute approximate surface area is 190 Å². The summed E-state index contributed by atoms with van der Waals surface area (Å²) in [5.41, 5.74) is 3.94. The van der Waals surface area contributed by atoms with Gasteiger partial charge in [0.05, 0.1) is 6.04 Å². The van der Waals surface area contributed by atoms with Crippen molar-refractivity contribution in [2.75, 3.05) is 17.3 Å². The fraction of sp³-hybridized carbons (Fsp3) is 0.261. The number of carbonyl (C=O) groups excluding carboxylic acids is 1. The number of benzene rings is 1.